The fraction of sp³-hybridized carbons (Fsp3) is 1.00. The molecule has 0 bridgehead atoms. The smallest absolute Gasteiger partial charge is 0.0499 e. The van der Waals surface area contributed by atoms with Crippen molar-refractivity contribution in [2.24, 2.45) is 17.3 Å². The minimum Gasteiger partial charge on any atom is -0.396 e. The van der Waals surface area contributed by atoms with E-state index in [1.165, 1.54) is 32.1 Å². The Kier molecular flexibility index (Phi) is 3.36. The zero-order valence-corrected chi connectivity index (χ0v) is 10.1. The lowest BCUT2D eigenvalue weighted by atomic mass is 9.79. The van der Waals surface area contributed by atoms with E-state index in [4.69, 9.17) is 0 Å². The summed E-state index contributed by atoms with van der Waals surface area (Å²) in [7, 11) is 0. The highest BCUT2D eigenvalue weighted by atomic mass is 16.3. The molecule has 0 aromatic carbocycles. The van der Waals surface area contributed by atoms with Crippen LogP contribution in [0.3, 0.4) is 0 Å². The number of hydrogen-bond acceptors (Lipinski definition) is 2. The number of aliphatic hydroxyl groups excluding tert-OH is 1. The minimum atomic E-state index is 0.270. The van der Waals surface area contributed by atoms with Crippen LogP contribution in [0.25, 0.3) is 0 Å². The summed E-state index contributed by atoms with van der Waals surface area (Å²) >= 11 is 0. The van der Waals surface area contributed by atoms with Crippen LogP contribution in [-0.2, 0) is 0 Å². The van der Waals surface area contributed by atoms with Crippen molar-refractivity contribution in [3.63, 3.8) is 0 Å². The van der Waals surface area contributed by atoms with Gasteiger partial charge in [-0.1, -0.05) is 13.8 Å². The molecule has 2 saturated carbocycles. The average molecular weight is 211 g/mol. The van der Waals surface area contributed by atoms with Gasteiger partial charge in [0.15, 0.2) is 0 Å². The third kappa shape index (κ3) is 2.73. The molecule has 2 heteroatoms. The molecular weight excluding hydrogens is 186 g/mol. The molecule has 2 aliphatic carbocycles. The lowest BCUT2D eigenvalue weighted by Gasteiger charge is -2.33. The molecule has 0 saturated heterocycles. The molecule has 3 unspecified atom stereocenters. The van der Waals surface area contributed by atoms with Gasteiger partial charge in [0.25, 0.3) is 0 Å². The molecule has 88 valence electrons. The minimum absolute atomic E-state index is 0.270. The first-order chi connectivity index (χ1) is 7.15. The molecule has 0 radical (unpaired) electrons. The SMILES string of the molecule is CC1CCC(NCC2(CO)CC2)CC1C. The number of hydrogen-bond donors (Lipinski definition) is 2. The van der Waals surface area contributed by atoms with Crippen molar-refractivity contribution in [2.45, 2.75) is 52.0 Å². The van der Waals surface area contributed by atoms with Crippen molar-refractivity contribution in [1.82, 2.24) is 5.32 Å². The number of aliphatic hydroxyl groups is 1. The van der Waals surface area contributed by atoms with E-state index in [1.54, 1.807) is 0 Å². The lowest BCUT2D eigenvalue weighted by Crippen LogP contribution is -2.39. The third-order valence-electron chi connectivity index (χ3n) is 4.66. The Balaban J connectivity index is 1.71. The van der Waals surface area contributed by atoms with Gasteiger partial charge in [-0.2, -0.15) is 0 Å². The van der Waals surface area contributed by atoms with Gasteiger partial charge in [0.2, 0.25) is 0 Å². The topological polar surface area (TPSA) is 32.3 Å². The van der Waals surface area contributed by atoms with Gasteiger partial charge in [-0.15, -0.1) is 0 Å². The van der Waals surface area contributed by atoms with Crippen LogP contribution in [0.15, 0.2) is 0 Å². The van der Waals surface area contributed by atoms with E-state index in [-0.39, 0.29) is 5.41 Å². The van der Waals surface area contributed by atoms with Gasteiger partial charge in [0.05, 0.1) is 0 Å². The van der Waals surface area contributed by atoms with Crippen molar-refractivity contribution >= 4 is 0 Å². The fourth-order valence-electron chi connectivity index (χ4n) is 2.66. The van der Waals surface area contributed by atoms with Gasteiger partial charge in [-0.05, 0) is 43.9 Å². The second-order valence-electron chi connectivity index (χ2n) is 6.00. The molecule has 2 rings (SSSR count). The zero-order chi connectivity index (χ0) is 10.9. The first kappa shape index (κ1) is 11.4. The molecule has 2 N–H and O–H groups in total. The first-order valence-electron chi connectivity index (χ1n) is 6.49. The van der Waals surface area contributed by atoms with Crippen LogP contribution in [0.5, 0.6) is 0 Å². The van der Waals surface area contributed by atoms with Crippen LogP contribution in [0.1, 0.15) is 46.0 Å². The Morgan fingerprint density at radius 1 is 1.20 bits per heavy atom. The van der Waals surface area contributed by atoms with E-state index in [2.05, 4.69) is 19.2 Å². The molecule has 0 amide bonds. The van der Waals surface area contributed by atoms with Crippen molar-refractivity contribution in [1.29, 1.82) is 0 Å². The molecule has 0 heterocycles. The highest BCUT2D eigenvalue weighted by Crippen LogP contribution is 2.44. The Hall–Kier alpha value is -0.0800. The van der Waals surface area contributed by atoms with Crippen LogP contribution in [-0.4, -0.2) is 24.3 Å². The summed E-state index contributed by atoms with van der Waals surface area (Å²) in [6.45, 7) is 6.16. The van der Waals surface area contributed by atoms with E-state index in [9.17, 15) is 5.11 Å². The Morgan fingerprint density at radius 2 is 1.93 bits per heavy atom. The maximum Gasteiger partial charge on any atom is 0.0499 e. The standard InChI is InChI=1S/C13H25NO/c1-10-3-4-12(7-11(10)2)14-8-13(9-15)5-6-13/h10-12,14-15H,3-9H2,1-2H3. The summed E-state index contributed by atoms with van der Waals surface area (Å²) < 4.78 is 0. The summed E-state index contributed by atoms with van der Waals surface area (Å²) in [6.07, 6.45) is 6.45. The molecule has 0 aromatic rings. The second-order valence-corrected chi connectivity index (χ2v) is 6.00. The first-order valence-corrected chi connectivity index (χ1v) is 6.49. The molecule has 0 aliphatic heterocycles. The average Bonchev–Trinajstić information content (AvgIpc) is 3.01. The van der Waals surface area contributed by atoms with Crippen molar-refractivity contribution in [3.05, 3.63) is 0 Å². The highest BCUT2D eigenvalue weighted by molar-refractivity contribution is 4.95. The maximum atomic E-state index is 9.24. The highest BCUT2D eigenvalue weighted by Gasteiger charge is 2.42. The Labute approximate surface area is 93.5 Å². The lowest BCUT2D eigenvalue weighted by molar-refractivity contribution is 0.183. The van der Waals surface area contributed by atoms with Crippen LogP contribution in [0.2, 0.25) is 0 Å². The molecule has 15 heavy (non-hydrogen) atoms. The summed E-state index contributed by atoms with van der Waals surface area (Å²) in [5.41, 5.74) is 0.270. The quantitative estimate of drug-likeness (QED) is 0.747. The zero-order valence-electron chi connectivity index (χ0n) is 10.1. The molecule has 2 nitrogen and oxygen atoms in total. The molecule has 0 aromatic heterocycles. The Morgan fingerprint density at radius 3 is 2.47 bits per heavy atom. The van der Waals surface area contributed by atoms with Crippen LogP contribution >= 0.6 is 0 Å². The summed E-state index contributed by atoms with van der Waals surface area (Å²) in [5.74, 6) is 1.76. The van der Waals surface area contributed by atoms with E-state index in [0.29, 0.717) is 12.6 Å². The predicted molar refractivity (Wildman–Crippen MR) is 62.7 cm³/mol. The molecule has 0 spiro atoms. The third-order valence-corrected chi connectivity index (χ3v) is 4.66. The van der Waals surface area contributed by atoms with Crippen LogP contribution < -0.4 is 5.32 Å². The molecular formula is C13H25NO. The summed E-state index contributed by atoms with van der Waals surface area (Å²) in [5, 5.41) is 12.9. The van der Waals surface area contributed by atoms with Crippen molar-refractivity contribution < 1.29 is 5.11 Å². The largest absolute Gasteiger partial charge is 0.396 e. The van der Waals surface area contributed by atoms with Gasteiger partial charge >= 0.3 is 0 Å². The summed E-state index contributed by atoms with van der Waals surface area (Å²) in [4.78, 5) is 0. The van der Waals surface area contributed by atoms with Crippen LogP contribution in [0.4, 0.5) is 0 Å². The number of nitrogens with one attached hydrogen (secondary N) is 1. The fourth-order valence-corrected chi connectivity index (χ4v) is 2.66. The molecule has 2 aliphatic rings. The van der Waals surface area contributed by atoms with E-state index < -0.39 is 0 Å². The van der Waals surface area contributed by atoms with E-state index in [1.807, 2.05) is 0 Å². The predicted octanol–water partition coefficient (Wildman–Crippen LogP) is 2.17. The van der Waals surface area contributed by atoms with Gasteiger partial charge in [0.1, 0.15) is 0 Å². The monoisotopic (exact) mass is 211 g/mol. The van der Waals surface area contributed by atoms with Crippen molar-refractivity contribution in [3.8, 4) is 0 Å². The van der Waals surface area contributed by atoms with E-state index in [0.717, 1.165) is 18.4 Å². The molecule has 3 atom stereocenters. The van der Waals surface area contributed by atoms with Gasteiger partial charge in [-0.25, -0.2) is 0 Å². The molecule has 2 fully saturated rings. The van der Waals surface area contributed by atoms with Crippen molar-refractivity contribution in [2.75, 3.05) is 13.2 Å². The summed E-state index contributed by atoms with van der Waals surface area (Å²) in [6, 6.07) is 0.709. The maximum absolute atomic E-state index is 9.24. The van der Waals surface area contributed by atoms with Crippen LogP contribution in [0, 0.1) is 17.3 Å². The Bertz CT molecular complexity index is 213. The normalized spacial score (nSPS) is 39.0. The number of rotatable bonds is 4. The second kappa shape index (κ2) is 4.42. The van der Waals surface area contributed by atoms with Gasteiger partial charge < -0.3 is 10.4 Å². The van der Waals surface area contributed by atoms with E-state index >= 15 is 0 Å². The van der Waals surface area contributed by atoms with Gasteiger partial charge in [0, 0.05) is 24.6 Å². The van der Waals surface area contributed by atoms with Gasteiger partial charge in [-0.3, -0.25) is 0 Å².